The van der Waals surface area contributed by atoms with Gasteiger partial charge in [0.25, 0.3) is 5.91 Å². The van der Waals surface area contributed by atoms with Crippen LogP contribution in [0.25, 0.3) is 11.1 Å². The van der Waals surface area contributed by atoms with Gasteiger partial charge in [0.05, 0.1) is 0 Å². The van der Waals surface area contributed by atoms with Crippen LogP contribution in [0, 0.1) is 6.92 Å². The predicted octanol–water partition coefficient (Wildman–Crippen LogP) is 4.52. The van der Waals surface area contributed by atoms with Gasteiger partial charge in [0.1, 0.15) is 12.6 Å². The van der Waals surface area contributed by atoms with Gasteiger partial charge in [0.15, 0.2) is 0 Å². The predicted molar refractivity (Wildman–Crippen MR) is 110 cm³/mol. The van der Waals surface area contributed by atoms with Crippen molar-refractivity contribution >= 4 is 11.9 Å². The van der Waals surface area contributed by atoms with Crippen LogP contribution in [0.2, 0.25) is 0 Å². The standard InChI is InChI=1S/C24H23NO3/c1-17-8-6-9-19(14-17)16-28-24(27)18(2)25-23(26)22-13-7-12-21(15-22)20-10-4-3-5-11-20/h3-15,18H,16H2,1-2H3,(H,25,26)/t18-/m0/s1. The van der Waals surface area contributed by atoms with E-state index in [4.69, 9.17) is 4.74 Å². The summed E-state index contributed by atoms with van der Waals surface area (Å²) in [6.07, 6.45) is 0. The van der Waals surface area contributed by atoms with Gasteiger partial charge < -0.3 is 10.1 Å². The topological polar surface area (TPSA) is 55.4 Å². The lowest BCUT2D eigenvalue weighted by atomic mass is 10.0. The first kappa shape index (κ1) is 19.4. The molecule has 0 unspecified atom stereocenters. The zero-order valence-electron chi connectivity index (χ0n) is 16.0. The average molecular weight is 373 g/mol. The van der Waals surface area contributed by atoms with Gasteiger partial charge >= 0.3 is 5.97 Å². The average Bonchev–Trinajstić information content (AvgIpc) is 2.72. The van der Waals surface area contributed by atoms with Crippen LogP contribution in [0.5, 0.6) is 0 Å². The van der Waals surface area contributed by atoms with Crippen LogP contribution >= 0.6 is 0 Å². The molecule has 28 heavy (non-hydrogen) atoms. The van der Waals surface area contributed by atoms with E-state index in [9.17, 15) is 9.59 Å². The highest BCUT2D eigenvalue weighted by molar-refractivity contribution is 5.97. The third-order valence-corrected chi connectivity index (χ3v) is 4.40. The lowest BCUT2D eigenvalue weighted by molar-refractivity contribution is -0.146. The third-order valence-electron chi connectivity index (χ3n) is 4.40. The summed E-state index contributed by atoms with van der Waals surface area (Å²) in [5.41, 5.74) is 4.50. The molecule has 0 saturated heterocycles. The fraction of sp³-hybridized carbons (Fsp3) is 0.167. The number of carbonyl (C=O) groups excluding carboxylic acids is 2. The minimum Gasteiger partial charge on any atom is -0.459 e. The number of amides is 1. The lowest BCUT2D eigenvalue weighted by Gasteiger charge is -2.14. The van der Waals surface area contributed by atoms with Crippen molar-refractivity contribution in [3.63, 3.8) is 0 Å². The molecule has 142 valence electrons. The van der Waals surface area contributed by atoms with E-state index in [1.807, 2.05) is 79.7 Å². The van der Waals surface area contributed by atoms with E-state index >= 15 is 0 Å². The second kappa shape index (κ2) is 9.00. The maximum atomic E-state index is 12.5. The van der Waals surface area contributed by atoms with Gasteiger partial charge in [0.2, 0.25) is 0 Å². The number of aryl methyl sites for hydroxylation is 1. The minimum absolute atomic E-state index is 0.185. The van der Waals surface area contributed by atoms with E-state index in [1.54, 1.807) is 13.0 Å². The smallest absolute Gasteiger partial charge is 0.328 e. The van der Waals surface area contributed by atoms with Crippen molar-refractivity contribution in [3.05, 3.63) is 95.6 Å². The molecule has 1 N–H and O–H groups in total. The van der Waals surface area contributed by atoms with Gasteiger partial charge in [-0.3, -0.25) is 4.79 Å². The number of nitrogens with one attached hydrogen (secondary N) is 1. The maximum Gasteiger partial charge on any atom is 0.328 e. The summed E-state index contributed by atoms with van der Waals surface area (Å²) in [5, 5.41) is 2.71. The largest absolute Gasteiger partial charge is 0.459 e. The van der Waals surface area contributed by atoms with Crippen LogP contribution < -0.4 is 5.32 Å². The Labute approximate surface area is 165 Å². The summed E-state index contributed by atoms with van der Waals surface area (Å²) in [4.78, 5) is 24.8. The summed E-state index contributed by atoms with van der Waals surface area (Å²) in [6.45, 7) is 3.79. The number of rotatable bonds is 6. The summed E-state index contributed by atoms with van der Waals surface area (Å²) >= 11 is 0. The number of carbonyl (C=O) groups is 2. The molecule has 3 rings (SSSR count). The quantitative estimate of drug-likeness (QED) is 0.646. The number of esters is 1. The van der Waals surface area contributed by atoms with Gasteiger partial charge in [0, 0.05) is 5.56 Å². The molecule has 0 radical (unpaired) electrons. The van der Waals surface area contributed by atoms with Crippen LogP contribution in [0.1, 0.15) is 28.4 Å². The fourth-order valence-corrected chi connectivity index (χ4v) is 2.89. The van der Waals surface area contributed by atoms with Gasteiger partial charge in [-0.2, -0.15) is 0 Å². The molecule has 0 aromatic heterocycles. The first-order valence-electron chi connectivity index (χ1n) is 9.21. The molecule has 3 aromatic rings. The Morgan fingerprint density at radius 1 is 0.893 bits per heavy atom. The van der Waals surface area contributed by atoms with Crippen molar-refractivity contribution in [1.82, 2.24) is 5.32 Å². The Bertz CT molecular complexity index is 966. The van der Waals surface area contributed by atoms with Gasteiger partial charge in [-0.25, -0.2) is 4.79 Å². The highest BCUT2D eigenvalue weighted by Gasteiger charge is 2.18. The number of benzene rings is 3. The second-order valence-electron chi connectivity index (χ2n) is 6.74. The Morgan fingerprint density at radius 2 is 1.61 bits per heavy atom. The summed E-state index contributed by atoms with van der Waals surface area (Å²) in [5.74, 6) is -0.771. The SMILES string of the molecule is Cc1cccc(COC(=O)[C@H](C)NC(=O)c2cccc(-c3ccccc3)c2)c1. The molecule has 0 aliphatic carbocycles. The molecule has 0 aliphatic rings. The third kappa shape index (κ3) is 5.07. The van der Waals surface area contributed by atoms with Crippen LogP contribution in [0.15, 0.2) is 78.9 Å². The molecule has 0 saturated carbocycles. The molecule has 0 heterocycles. The number of ether oxygens (including phenoxy) is 1. The van der Waals surface area contributed by atoms with E-state index in [1.165, 1.54) is 0 Å². The summed E-state index contributed by atoms with van der Waals surface area (Å²) < 4.78 is 5.32. The molecular formula is C24H23NO3. The molecule has 4 heteroatoms. The van der Waals surface area contributed by atoms with Crippen molar-refractivity contribution in [2.75, 3.05) is 0 Å². The lowest BCUT2D eigenvalue weighted by Crippen LogP contribution is -2.39. The van der Waals surface area contributed by atoms with Crippen LogP contribution in [0.3, 0.4) is 0 Å². The second-order valence-corrected chi connectivity index (χ2v) is 6.74. The van der Waals surface area contributed by atoms with Crippen molar-refractivity contribution in [3.8, 4) is 11.1 Å². The molecular weight excluding hydrogens is 350 g/mol. The highest BCUT2D eigenvalue weighted by atomic mass is 16.5. The van der Waals surface area contributed by atoms with Crippen molar-refractivity contribution in [1.29, 1.82) is 0 Å². The van der Waals surface area contributed by atoms with E-state index in [2.05, 4.69) is 5.32 Å². The van der Waals surface area contributed by atoms with Crippen molar-refractivity contribution in [2.45, 2.75) is 26.5 Å². The normalized spacial score (nSPS) is 11.5. The molecule has 0 aliphatic heterocycles. The number of hydrogen-bond donors (Lipinski definition) is 1. The molecule has 0 fully saturated rings. The van der Waals surface area contributed by atoms with E-state index in [0.717, 1.165) is 22.3 Å². The van der Waals surface area contributed by atoms with Crippen LogP contribution in [0.4, 0.5) is 0 Å². The first-order valence-corrected chi connectivity index (χ1v) is 9.21. The van der Waals surface area contributed by atoms with Crippen molar-refractivity contribution in [2.24, 2.45) is 0 Å². The van der Waals surface area contributed by atoms with Crippen LogP contribution in [-0.2, 0) is 16.1 Å². The fourth-order valence-electron chi connectivity index (χ4n) is 2.89. The van der Waals surface area contributed by atoms with E-state index < -0.39 is 12.0 Å². The zero-order chi connectivity index (χ0) is 19.9. The summed E-state index contributed by atoms with van der Waals surface area (Å²) in [6, 6.07) is 24.2. The van der Waals surface area contributed by atoms with Gasteiger partial charge in [-0.15, -0.1) is 0 Å². The van der Waals surface area contributed by atoms with Gasteiger partial charge in [-0.05, 0) is 42.7 Å². The molecule has 3 aromatic carbocycles. The molecule has 1 amide bonds. The minimum atomic E-state index is -0.738. The summed E-state index contributed by atoms with van der Waals surface area (Å²) in [7, 11) is 0. The van der Waals surface area contributed by atoms with E-state index in [0.29, 0.717) is 5.56 Å². The monoisotopic (exact) mass is 373 g/mol. The Hall–Kier alpha value is -3.40. The maximum absolute atomic E-state index is 12.5. The molecule has 0 bridgehead atoms. The Kier molecular flexibility index (Phi) is 6.22. The molecule has 0 spiro atoms. The number of hydrogen-bond acceptors (Lipinski definition) is 3. The Morgan fingerprint density at radius 3 is 2.36 bits per heavy atom. The van der Waals surface area contributed by atoms with E-state index in [-0.39, 0.29) is 12.5 Å². The Balaban J connectivity index is 1.60. The molecule has 4 nitrogen and oxygen atoms in total. The van der Waals surface area contributed by atoms with Crippen molar-refractivity contribution < 1.29 is 14.3 Å². The highest BCUT2D eigenvalue weighted by Crippen LogP contribution is 2.20. The zero-order valence-corrected chi connectivity index (χ0v) is 16.0. The first-order chi connectivity index (χ1) is 13.5. The molecule has 1 atom stereocenters. The van der Waals surface area contributed by atoms with Gasteiger partial charge in [-0.1, -0.05) is 72.3 Å². The van der Waals surface area contributed by atoms with Crippen LogP contribution in [-0.4, -0.2) is 17.9 Å².